The molecule has 1 aliphatic carbocycles. The summed E-state index contributed by atoms with van der Waals surface area (Å²) in [5.74, 6) is 1.10. The molecule has 2 rings (SSSR count). The van der Waals surface area contributed by atoms with Gasteiger partial charge in [0.2, 0.25) is 0 Å². The molecule has 0 N–H and O–H groups in total. The van der Waals surface area contributed by atoms with E-state index in [9.17, 15) is 4.39 Å². The lowest BCUT2D eigenvalue weighted by molar-refractivity contribution is 0.294. The van der Waals surface area contributed by atoms with Crippen LogP contribution >= 0.6 is 27.5 Å². The van der Waals surface area contributed by atoms with Crippen LogP contribution in [0.25, 0.3) is 0 Å². The molecule has 94 valence electrons. The van der Waals surface area contributed by atoms with Gasteiger partial charge in [-0.1, -0.05) is 40.5 Å². The summed E-state index contributed by atoms with van der Waals surface area (Å²) in [4.78, 5) is 0.586. The number of benzene rings is 1. The fourth-order valence-corrected chi connectivity index (χ4v) is 3.51. The first-order valence-corrected chi connectivity index (χ1v) is 7.43. The minimum Gasteiger partial charge on any atom is -0.205 e. The van der Waals surface area contributed by atoms with Crippen molar-refractivity contribution in [2.75, 3.05) is 0 Å². The molecule has 0 aromatic heterocycles. The van der Waals surface area contributed by atoms with Crippen LogP contribution in [0.15, 0.2) is 18.2 Å². The van der Waals surface area contributed by atoms with Gasteiger partial charge in [-0.15, -0.1) is 0 Å². The van der Waals surface area contributed by atoms with E-state index < -0.39 is 0 Å². The lowest BCUT2D eigenvalue weighted by atomic mass is 9.79. The summed E-state index contributed by atoms with van der Waals surface area (Å²) < 4.78 is 13.1. The predicted octanol–water partition coefficient (Wildman–Crippen LogP) is 5.22. The molecule has 0 amide bonds. The third kappa shape index (κ3) is 3.45. The summed E-state index contributed by atoms with van der Waals surface area (Å²) in [6.07, 6.45) is 4.77. The molecule has 0 spiro atoms. The number of hydrogen-bond acceptors (Lipinski definition) is 0. The van der Waals surface area contributed by atoms with Crippen LogP contribution < -0.4 is 0 Å². The molecular formula is C14H17BrClF. The number of halogens is 3. The Hall–Kier alpha value is -0.0800. The first-order valence-electron chi connectivity index (χ1n) is 6.14. The summed E-state index contributed by atoms with van der Waals surface area (Å²) >= 11 is 9.58. The van der Waals surface area contributed by atoms with Crippen molar-refractivity contribution in [3.05, 3.63) is 34.6 Å². The summed E-state index contributed by atoms with van der Waals surface area (Å²) in [7, 11) is 0. The molecule has 0 nitrogen and oxygen atoms in total. The second kappa shape index (κ2) is 5.71. The fraction of sp³-hybridized carbons (Fsp3) is 0.571. The van der Waals surface area contributed by atoms with E-state index in [1.807, 2.05) is 6.07 Å². The van der Waals surface area contributed by atoms with Gasteiger partial charge in [0, 0.05) is 4.83 Å². The third-order valence-electron chi connectivity index (χ3n) is 3.63. The van der Waals surface area contributed by atoms with Gasteiger partial charge in [0.1, 0.15) is 5.82 Å². The Balaban J connectivity index is 2.06. The zero-order valence-electron chi connectivity index (χ0n) is 9.93. The van der Waals surface area contributed by atoms with E-state index in [0.29, 0.717) is 10.7 Å². The van der Waals surface area contributed by atoms with Crippen molar-refractivity contribution in [3.8, 4) is 0 Å². The summed E-state index contributed by atoms with van der Waals surface area (Å²) in [6, 6.07) is 5.07. The predicted molar refractivity (Wildman–Crippen MR) is 74.3 cm³/mol. The van der Waals surface area contributed by atoms with Crippen LogP contribution in [0.3, 0.4) is 0 Å². The van der Waals surface area contributed by atoms with E-state index in [0.717, 1.165) is 17.9 Å². The second-order valence-corrected chi connectivity index (χ2v) is 6.73. The first kappa shape index (κ1) is 13.4. The zero-order chi connectivity index (χ0) is 12.4. The van der Waals surface area contributed by atoms with Crippen molar-refractivity contribution in [2.45, 2.75) is 37.4 Å². The van der Waals surface area contributed by atoms with Crippen molar-refractivity contribution < 1.29 is 4.39 Å². The van der Waals surface area contributed by atoms with Crippen LogP contribution in [0.5, 0.6) is 0 Å². The standard InChI is InChI=1S/C14H17BrClF/c1-9-2-4-12(15)11(6-9)7-10-3-5-14(17)13(16)8-10/h3,5,8-9,11-12H,2,4,6-7H2,1H3. The Kier molecular flexibility index (Phi) is 4.48. The minimum atomic E-state index is -0.331. The highest BCUT2D eigenvalue weighted by Crippen LogP contribution is 2.35. The van der Waals surface area contributed by atoms with Gasteiger partial charge < -0.3 is 0 Å². The molecule has 1 aromatic carbocycles. The fourth-order valence-electron chi connectivity index (χ4n) is 2.64. The largest absolute Gasteiger partial charge is 0.205 e. The molecule has 3 unspecified atom stereocenters. The molecule has 0 radical (unpaired) electrons. The molecule has 1 fully saturated rings. The summed E-state index contributed by atoms with van der Waals surface area (Å²) in [6.45, 7) is 2.31. The number of rotatable bonds is 2. The van der Waals surface area contributed by atoms with Crippen molar-refractivity contribution >= 4 is 27.5 Å². The van der Waals surface area contributed by atoms with Gasteiger partial charge in [0.25, 0.3) is 0 Å². The third-order valence-corrected chi connectivity index (χ3v) is 5.13. The smallest absolute Gasteiger partial charge is 0.141 e. The molecule has 0 saturated heterocycles. The SMILES string of the molecule is CC1CCC(Br)C(Cc2ccc(F)c(Cl)c2)C1. The van der Waals surface area contributed by atoms with Gasteiger partial charge >= 0.3 is 0 Å². The van der Waals surface area contributed by atoms with Crippen molar-refractivity contribution in [1.29, 1.82) is 0 Å². The Morgan fingerprint density at radius 2 is 2.18 bits per heavy atom. The average molecular weight is 320 g/mol. The lowest BCUT2D eigenvalue weighted by Crippen LogP contribution is -2.25. The van der Waals surface area contributed by atoms with Crippen molar-refractivity contribution in [2.24, 2.45) is 11.8 Å². The van der Waals surface area contributed by atoms with Crippen molar-refractivity contribution in [1.82, 2.24) is 0 Å². The minimum absolute atomic E-state index is 0.234. The highest BCUT2D eigenvalue weighted by atomic mass is 79.9. The number of alkyl halides is 1. The number of hydrogen-bond donors (Lipinski definition) is 0. The molecule has 3 atom stereocenters. The van der Waals surface area contributed by atoms with Crippen LogP contribution in [0, 0.1) is 17.7 Å². The van der Waals surface area contributed by atoms with Gasteiger partial charge in [0.05, 0.1) is 5.02 Å². The first-order chi connectivity index (χ1) is 8.06. The lowest BCUT2D eigenvalue weighted by Gasteiger charge is -2.31. The van der Waals surface area contributed by atoms with Gasteiger partial charge in [-0.3, -0.25) is 0 Å². The van der Waals surface area contributed by atoms with Gasteiger partial charge in [-0.2, -0.15) is 0 Å². The quantitative estimate of drug-likeness (QED) is 0.655. The maximum atomic E-state index is 13.1. The Labute approximate surface area is 116 Å². The topological polar surface area (TPSA) is 0 Å². The van der Waals surface area contributed by atoms with E-state index in [1.54, 1.807) is 6.07 Å². The van der Waals surface area contributed by atoms with Crippen LogP contribution in [-0.2, 0) is 6.42 Å². The Morgan fingerprint density at radius 1 is 1.41 bits per heavy atom. The normalized spacial score (nSPS) is 29.3. The van der Waals surface area contributed by atoms with E-state index in [-0.39, 0.29) is 10.8 Å². The summed E-state index contributed by atoms with van der Waals surface area (Å²) in [5.41, 5.74) is 1.14. The Bertz CT molecular complexity index is 394. The maximum absolute atomic E-state index is 13.1. The van der Waals surface area contributed by atoms with E-state index in [1.165, 1.54) is 25.3 Å². The molecule has 1 aliphatic rings. The van der Waals surface area contributed by atoms with Gasteiger partial charge in [0.15, 0.2) is 0 Å². The van der Waals surface area contributed by atoms with Crippen LogP contribution in [0.1, 0.15) is 31.7 Å². The van der Waals surface area contributed by atoms with Crippen LogP contribution in [-0.4, -0.2) is 4.83 Å². The van der Waals surface area contributed by atoms with Crippen molar-refractivity contribution in [3.63, 3.8) is 0 Å². The van der Waals surface area contributed by atoms with Crippen LogP contribution in [0.2, 0.25) is 5.02 Å². The zero-order valence-corrected chi connectivity index (χ0v) is 12.3. The van der Waals surface area contributed by atoms with Gasteiger partial charge in [-0.25, -0.2) is 4.39 Å². The Morgan fingerprint density at radius 3 is 2.88 bits per heavy atom. The monoisotopic (exact) mass is 318 g/mol. The highest BCUT2D eigenvalue weighted by Gasteiger charge is 2.26. The highest BCUT2D eigenvalue weighted by molar-refractivity contribution is 9.09. The van der Waals surface area contributed by atoms with E-state index in [4.69, 9.17) is 11.6 Å². The maximum Gasteiger partial charge on any atom is 0.141 e. The average Bonchev–Trinajstić information content (AvgIpc) is 2.29. The van der Waals surface area contributed by atoms with Gasteiger partial charge in [-0.05, 0) is 55.2 Å². The molecule has 1 saturated carbocycles. The molecule has 0 heterocycles. The van der Waals surface area contributed by atoms with E-state index in [2.05, 4.69) is 22.9 Å². The van der Waals surface area contributed by atoms with Crippen LogP contribution in [0.4, 0.5) is 4.39 Å². The second-order valence-electron chi connectivity index (χ2n) is 5.15. The summed E-state index contributed by atoms with van der Waals surface area (Å²) in [5, 5.41) is 0.234. The van der Waals surface area contributed by atoms with E-state index >= 15 is 0 Å². The molecule has 1 aromatic rings. The molecule has 0 aliphatic heterocycles. The molecular weight excluding hydrogens is 303 g/mol. The molecule has 0 bridgehead atoms. The molecule has 3 heteroatoms. The molecule has 17 heavy (non-hydrogen) atoms.